The number of hydrogen-bond acceptors (Lipinski definition) is 4. The summed E-state index contributed by atoms with van der Waals surface area (Å²) in [5, 5.41) is 3.13. The number of carbonyl (C=O) groups excluding carboxylic acids is 1. The lowest BCUT2D eigenvalue weighted by Crippen LogP contribution is -2.36. The monoisotopic (exact) mass is 309 g/mol. The largest absolute Gasteiger partial charge is 0.315 e. The predicted molar refractivity (Wildman–Crippen MR) is 79.6 cm³/mol. The molecule has 1 aromatic rings. The average molecular weight is 309 g/mol. The molecular formula is C14H19N3O3S. The van der Waals surface area contributed by atoms with Crippen LogP contribution in [0, 0.1) is 0 Å². The SMILES string of the molecule is O=C1CCCN1c1ccc(S(=O)(=O)NC2CCNC2)cc1. The summed E-state index contributed by atoms with van der Waals surface area (Å²) in [5.41, 5.74) is 0.763. The van der Waals surface area contributed by atoms with Crippen molar-refractivity contribution in [3.8, 4) is 0 Å². The zero-order chi connectivity index (χ0) is 14.9. The first-order valence-electron chi connectivity index (χ1n) is 7.20. The van der Waals surface area contributed by atoms with Gasteiger partial charge < -0.3 is 10.2 Å². The summed E-state index contributed by atoms with van der Waals surface area (Å²) >= 11 is 0. The van der Waals surface area contributed by atoms with Crippen molar-refractivity contribution in [1.82, 2.24) is 10.0 Å². The highest BCUT2D eigenvalue weighted by Crippen LogP contribution is 2.23. The Hall–Kier alpha value is -1.44. The molecule has 2 heterocycles. The molecule has 2 fully saturated rings. The number of anilines is 1. The molecular weight excluding hydrogens is 290 g/mol. The van der Waals surface area contributed by atoms with Crippen LogP contribution >= 0.6 is 0 Å². The van der Waals surface area contributed by atoms with Gasteiger partial charge in [0.05, 0.1) is 4.90 Å². The normalized spacial score (nSPS) is 23.0. The Kier molecular flexibility index (Phi) is 3.97. The van der Waals surface area contributed by atoms with Crippen LogP contribution in [0.25, 0.3) is 0 Å². The lowest BCUT2D eigenvalue weighted by atomic mass is 10.3. The number of carbonyl (C=O) groups is 1. The molecule has 0 spiro atoms. The number of sulfonamides is 1. The Morgan fingerprint density at radius 2 is 2.00 bits per heavy atom. The van der Waals surface area contributed by atoms with Crippen molar-refractivity contribution in [2.75, 3.05) is 24.5 Å². The molecule has 0 radical (unpaired) electrons. The molecule has 0 bridgehead atoms. The molecule has 0 saturated carbocycles. The Morgan fingerprint density at radius 3 is 2.57 bits per heavy atom. The smallest absolute Gasteiger partial charge is 0.240 e. The van der Waals surface area contributed by atoms with Gasteiger partial charge in [-0.05, 0) is 43.7 Å². The molecule has 0 aliphatic carbocycles. The molecule has 6 nitrogen and oxygen atoms in total. The van der Waals surface area contributed by atoms with E-state index in [-0.39, 0.29) is 16.8 Å². The lowest BCUT2D eigenvalue weighted by Gasteiger charge is -2.16. The molecule has 2 N–H and O–H groups in total. The van der Waals surface area contributed by atoms with E-state index >= 15 is 0 Å². The highest BCUT2D eigenvalue weighted by molar-refractivity contribution is 7.89. The maximum atomic E-state index is 12.3. The Labute approximate surface area is 124 Å². The van der Waals surface area contributed by atoms with Crippen LogP contribution < -0.4 is 14.9 Å². The van der Waals surface area contributed by atoms with Crippen molar-refractivity contribution in [2.45, 2.75) is 30.2 Å². The maximum absolute atomic E-state index is 12.3. The van der Waals surface area contributed by atoms with Gasteiger partial charge >= 0.3 is 0 Å². The molecule has 0 aromatic heterocycles. The zero-order valence-electron chi connectivity index (χ0n) is 11.7. The van der Waals surface area contributed by atoms with Crippen LogP contribution in [0.1, 0.15) is 19.3 Å². The van der Waals surface area contributed by atoms with E-state index < -0.39 is 10.0 Å². The van der Waals surface area contributed by atoms with E-state index in [9.17, 15) is 13.2 Å². The van der Waals surface area contributed by atoms with Crippen molar-refractivity contribution >= 4 is 21.6 Å². The summed E-state index contributed by atoms with van der Waals surface area (Å²) in [6.45, 7) is 2.21. The van der Waals surface area contributed by atoms with Crippen LogP contribution in [0.2, 0.25) is 0 Å². The zero-order valence-corrected chi connectivity index (χ0v) is 12.5. The molecule has 2 aliphatic heterocycles. The quantitative estimate of drug-likeness (QED) is 0.847. The van der Waals surface area contributed by atoms with Gasteiger partial charge in [0, 0.05) is 31.2 Å². The van der Waals surface area contributed by atoms with E-state index in [1.165, 1.54) is 0 Å². The van der Waals surface area contributed by atoms with Crippen molar-refractivity contribution in [2.24, 2.45) is 0 Å². The molecule has 2 aliphatic rings. The molecule has 1 unspecified atom stereocenters. The summed E-state index contributed by atoms with van der Waals surface area (Å²) in [4.78, 5) is 13.6. The van der Waals surface area contributed by atoms with Crippen LogP contribution in [-0.4, -0.2) is 40.0 Å². The Morgan fingerprint density at radius 1 is 1.24 bits per heavy atom. The second kappa shape index (κ2) is 5.75. The first kappa shape index (κ1) is 14.5. The fraction of sp³-hybridized carbons (Fsp3) is 0.500. The van der Waals surface area contributed by atoms with Gasteiger partial charge in [0.1, 0.15) is 0 Å². The molecule has 1 atom stereocenters. The highest BCUT2D eigenvalue weighted by Gasteiger charge is 2.24. The average Bonchev–Trinajstić information content (AvgIpc) is 3.10. The molecule has 1 amide bonds. The number of nitrogens with zero attached hydrogens (tertiary/aromatic N) is 1. The van der Waals surface area contributed by atoms with E-state index in [2.05, 4.69) is 10.0 Å². The summed E-state index contributed by atoms with van der Waals surface area (Å²) < 4.78 is 27.2. The van der Waals surface area contributed by atoms with E-state index in [0.717, 1.165) is 25.1 Å². The molecule has 2 saturated heterocycles. The predicted octanol–water partition coefficient (Wildman–Crippen LogP) is 0.454. The van der Waals surface area contributed by atoms with Crippen LogP contribution in [0.15, 0.2) is 29.2 Å². The first-order valence-corrected chi connectivity index (χ1v) is 8.68. The van der Waals surface area contributed by atoms with Crippen LogP contribution in [-0.2, 0) is 14.8 Å². The van der Waals surface area contributed by atoms with Gasteiger partial charge in [-0.25, -0.2) is 13.1 Å². The Balaban J connectivity index is 1.75. The van der Waals surface area contributed by atoms with E-state index in [0.29, 0.717) is 19.5 Å². The molecule has 7 heteroatoms. The second-order valence-corrected chi connectivity index (χ2v) is 7.17. The summed E-state index contributed by atoms with van der Waals surface area (Å²) in [7, 11) is -3.49. The number of amides is 1. The molecule has 1 aromatic carbocycles. The minimum atomic E-state index is -3.49. The fourth-order valence-corrected chi connectivity index (χ4v) is 4.04. The van der Waals surface area contributed by atoms with E-state index in [1.54, 1.807) is 29.2 Å². The minimum absolute atomic E-state index is 0.0464. The topological polar surface area (TPSA) is 78.5 Å². The van der Waals surface area contributed by atoms with Crippen molar-refractivity contribution in [3.63, 3.8) is 0 Å². The van der Waals surface area contributed by atoms with Gasteiger partial charge in [-0.1, -0.05) is 0 Å². The highest BCUT2D eigenvalue weighted by atomic mass is 32.2. The van der Waals surface area contributed by atoms with Crippen LogP contribution in [0.5, 0.6) is 0 Å². The van der Waals surface area contributed by atoms with Gasteiger partial charge in [-0.2, -0.15) is 0 Å². The summed E-state index contributed by atoms with van der Waals surface area (Å²) in [6, 6.07) is 6.47. The molecule has 21 heavy (non-hydrogen) atoms. The van der Waals surface area contributed by atoms with Gasteiger partial charge in [0.25, 0.3) is 0 Å². The third-order valence-corrected chi connectivity index (χ3v) is 5.45. The minimum Gasteiger partial charge on any atom is -0.315 e. The van der Waals surface area contributed by atoms with Crippen LogP contribution in [0.3, 0.4) is 0 Å². The number of hydrogen-bond donors (Lipinski definition) is 2. The van der Waals surface area contributed by atoms with Gasteiger partial charge in [0.15, 0.2) is 0 Å². The fourth-order valence-electron chi connectivity index (χ4n) is 2.77. The van der Waals surface area contributed by atoms with Crippen molar-refractivity contribution in [1.29, 1.82) is 0 Å². The summed E-state index contributed by atoms with van der Waals surface area (Å²) in [5.74, 6) is 0.0979. The van der Waals surface area contributed by atoms with E-state index in [1.807, 2.05) is 0 Å². The lowest BCUT2D eigenvalue weighted by molar-refractivity contribution is -0.117. The third-order valence-electron chi connectivity index (χ3n) is 3.91. The number of nitrogens with one attached hydrogen (secondary N) is 2. The van der Waals surface area contributed by atoms with Gasteiger partial charge in [-0.3, -0.25) is 4.79 Å². The van der Waals surface area contributed by atoms with Crippen molar-refractivity contribution in [3.05, 3.63) is 24.3 Å². The van der Waals surface area contributed by atoms with Crippen LogP contribution in [0.4, 0.5) is 5.69 Å². The maximum Gasteiger partial charge on any atom is 0.240 e. The first-order chi connectivity index (χ1) is 10.1. The van der Waals surface area contributed by atoms with E-state index in [4.69, 9.17) is 0 Å². The molecule has 114 valence electrons. The second-order valence-electron chi connectivity index (χ2n) is 5.45. The van der Waals surface area contributed by atoms with Gasteiger partial charge in [-0.15, -0.1) is 0 Å². The summed E-state index contributed by atoms with van der Waals surface area (Å²) in [6.07, 6.45) is 2.23. The number of benzene rings is 1. The Bertz CT molecular complexity index is 621. The standard InChI is InChI=1S/C14H19N3O3S/c18-14-2-1-9-17(14)12-3-5-13(6-4-12)21(19,20)16-11-7-8-15-10-11/h3-6,11,15-16H,1-2,7-10H2. The molecule has 3 rings (SSSR count). The number of rotatable bonds is 4. The van der Waals surface area contributed by atoms with Crippen molar-refractivity contribution < 1.29 is 13.2 Å². The third kappa shape index (κ3) is 3.09. The van der Waals surface area contributed by atoms with Gasteiger partial charge in [0.2, 0.25) is 15.9 Å².